The van der Waals surface area contributed by atoms with Gasteiger partial charge in [0.1, 0.15) is 0 Å². The summed E-state index contributed by atoms with van der Waals surface area (Å²) in [5, 5.41) is 9.74. The topological polar surface area (TPSA) is 62.7 Å². The SMILES string of the molecule is Cc1nc(C)c(C(C)N2CCC(OCCC(=O)O)CC2)s1. The summed E-state index contributed by atoms with van der Waals surface area (Å²) >= 11 is 1.78. The van der Waals surface area contributed by atoms with Gasteiger partial charge in [-0.15, -0.1) is 11.3 Å². The van der Waals surface area contributed by atoms with Gasteiger partial charge in [-0.25, -0.2) is 4.98 Å². The minimum Gasteiger partial charge on any atom is -0.481 e. The Morgan fingerprint density at radius 2 is 2.14 bits per heavy atom. The largest absolute Gasteiger partial charge is 0.481 e. The van der Waals surface area contributed by atoms with Crippen LogP contribution in [0.4, 0.5) is 0 Å². The molecule has 118 valence electrons. The maximum Gasteiger partial charge on any atom is 0.305 e. The third-order valence-corrected chi connectivity index (χ3v) is 5.26. The molecule has 0 radical (unpaired) electrons. The highest BCUT2D eigenvalue weighted by Gasteiger charge is 2.26. The lowest BCUT2D eigenvalue weighted by Gasteiger charge is -2.35. The summed E-state index contributed by atoms with van der Waals surface area (Å²) < 4.78 is 5.64. The van der Waals surface area contributed by atoms with Gasteiger partial charge in [0.05, 0.1) is 29.8 Å². The Kier molecular flexibility index (Phi) is 5.72. The molecule has 1 saturated heterocycles. The second kappa shape index (κ2) is 7.33. The average molecular weight is 312 g/mol. The molecular weight excluding hydrogens is 288 g/mol. The van der Waals surface area contributed by atoms with Crippen LogP contribution >= 0.6 is 11.3 Å². The van der Waals surface area contributed by atoms with Crippen LogP contribution in [0.3, 0.4) is 0 Å². The number of thiazole rings is 1. The van der Waals surface area contributed by atoms with Crippen molar-refractivity contribution in [1.82, 2.24) is 9.88 Å². The molecule has 0 bridgehead atoms. The molecule has 1 atom stereocenters. The van der Waals surface area contributed by atoms with Crippen molar-refractivity contribution < 1.29 is 14.6 Å². The molecule has 0 spiro atoms. The molecule has 1 aromatic heterocycles. The zero-order chi connectivity index (χ0) is 15.4. The van der Waals surface area contributed by atoms with E-state index in [0.29, 0.717) is 12.6 Å². The van der Waals surface area contributed by atoms with E-state index in [4.69, 9.17) is 9.84 Å². The van der Waals surface area contributed by atoms with Crippen molar-refractivity contribution in [3.8, 4) is 0 Å². The Morgan fingerprint density at radius 3 is 2.67 bits per heavy atom. The number of ether oxygens (including phenoxy) is 1. The Hall–Kier alpha value is -0.980. The van der Waals surface area contributed by atoms with Crippen molar-refractivity contribution in [1.29, 1.82) is 0 Å². The van der Waals surface area contributed by atoms with Gasteiger partial charge in [0.25, 0.3) is 0 Å². The molecule has 0 amide bonds. The Bertz CT molecular complexity index is 481. The van der Waals surface area contributed by atoms with Crippen LogP contribution in [0.1, 0.15) is 47.8 Å². The summed E-state index contributed by atoms with van der Waals surface area (Å²) in [7, 11) is 0. The van der Waals surface area contributed by atoms with E-state index in [9.17, 15) is 4.79 Å². The average Bonchev–Trinajstić information content (AvgIpc) is 2.77. The zero-order valence-electron chi connectivity index (χ0n) is 13.0. The molecule has 5 nitrogen and oxygen atoms in total. The molecule has 6 heteroatoms. The lowest BCUT2D eigenvalue weighted by molar-refractivity contribution is -0.138. The number of aromatic nitrogens is 1. The first-order valence-corrected chi connectivity index (χ1v) is 8.30. The lowest BCUT2D eigenvalue weighted by Crippen LogP contribution is -2.38. The third-order valence-electron chi connectivity index (χ3n) is 4.01. The molecule has 1 fully saturated rings. The number of piperidine rings is 1. The van der Waals surface area contributed by atoms with E-state index in [2.05, 4.69) is 30.7 Å². The van der Waals surface area contributed by atoms with Gasteiger partial charge in [0.2, 0.25) is 0 Å². The summed E-state index contributed by atoms with van der Waals surface area (Å²) in [4.78, 5) is 18.8. The van der Waals surface area contributed by atoms with E-state index >= 15 is 0 Å². The fourth-order valence-corrected chi connectivity index (χ4v) is 3.86. The number of likely N-dealkylation sites (tertiary alicyclic amines) is 1. The minimum atomic E-state index is -0.794. The monoisotopic (exact) mass is 312 g/mol. The Morgan fingerprint density at radius 1 is 1.48 bits per heavy atom. The van der Waals surface area contributed by atoms with Gasteiger partial charge in [-0.3, -0.25) is 9.69 Å². The van der Waals surface area contributed by atoms with Crippen LogP contribution < -0.4 is 0 Å². The molecule has 1 aliphatic rings. The van der Waals surface area contributed by atoms with Crippen LogP contribution in [0, 0.1) is 13.8 Å². The third kappa shape index (κ3) is 4.49. The van der Waals surface area contributed by atoms with E-state index in [1.165, 1.54) is 4.88 Å². The first kappa shape index (κ1) is 16.4. The molecule has 21 heavy (non-hydrogen) atoms. The van der Waals surface area contributed by atoms with Crippen LogP contribution in [-0.2, 0) is 9.53 Å². The van der Waals surface area contributed by atoms with E-state index < -0.39 is 5.97 Å². The number of aryl methyl sites for hydroxylation is 2. The molecule has 1 aliphatic heterocycles. The summed E-state index contributed by atoms with van der Waals surface area (Å²) in [5.41, 5.74) is 1.14. The normalized spacial score (nSPS) is 18.8. The van der Waals surface area contributed by atoms with Crippen molar-refractivity contribution in [2.75, 3.05) is 19.7 Å². The highest BCUT2D eigenvalue weighted by atomic mass is 32.1. The van der Waals surface area contributed by atoms with Gasteiger partial charge < -0.3 is 9.84 Å². The smallest absolute Gasteiger partial charge is 0.305 e. The molecule has 1 N–H and O–H groups in total. The summed E-state index contributed by atoms with van der Waals surface area (Å²) in [5.74, 6) is -0.794. The van der Waals surface area contributed by atoms with Gasteiger partial charge in [-0.2, -0.15) is 0 Å². The van der Waals surface area contributed by atoms with Crippen LogP contribution in [0.25, 0.3) is 0 Å². The first-order valence-electron chi connectivity index (χ1n) is 7.48. The quantitative estimate of drug-likeness (QED) is 0.875. The summed E-state index contributed by atoms with van der Waals surface area (Å²) in [6, 6.07) is 0.399. The van der Waals surface area contributed by atoms with E-state index in [1.807, 2.05) is 0 Å². The number of carbonyl (C=O) groups is 1. The Labute approximate surface area is 129 Å². The molecular formula is C15H24N2O3S. The predicted octanol–water partition coefficient (Wildman–Crippen LogP) is 2.78. The van der Waals surface area contributed by atoms with Gasteiger partial charge >= 0.3 is 5.97 Å². The van der Waals surface area contributed by atoms with Crippen LogP contribution in [0.5, 0.6) is 0 Å². The number of carboxylic acid groups (broad SMARTS) is 1. The molecule has 1 unspecified atom stereocenters. The second-order valence-corrected chi connectivity index (χ2v) is 6.84. The zero-order valence-corrected chi connectivity index (χ0v) is 13.8. The lowest BCUT2D eigenvalue weighted by atomic mass is 10.0. The molecule has 0 aromatic carbocycles. The van der Waals surface area contributed by atoms with Gasteiger partial charge in [0.15, 0.2) is 0 Å². The standard InChI is InChI=1S/C15H24N2O3S/c1-10-15(21-12(3)16-10)11(2)17-7-4-13(5-8-17)20-9-6-14(18)19/h11,13H,4-9H2,1-3H3,(H,18,19). The summed E-state index contributed by atoms with van der Waals surface area (Å²) in [6.45, 7) is 8.69. The van der Waals surface area contributed by atoms with Crippen molar-refractivity contribution in [3.05, 3.63) is 15.6 Å². The fourth-order valence-electron chi connectivity index (χ4n) is 2.84. The number of hydrogen-bond donors (Lipinski definition) is 1. The Balaban J connectivity index is 1.80. The fraction of sp³-hybridized carbons (Fsp3) is 0.733. The number of carboxylic acids is 1. The highest BCUT2D eigenvalue weighted by Crippen LogP contribution is 2.31. The van der Waals surface area contributed by atoms with Crippen molar-refractivity contribution in [2.45, 2.75) is 52.2 Å². The van der Waals surface area contributed by atoms with Crippen LogP contribution in [0.15, 0.2) is 0 Å². The number of rotatable bonds is 6. The molecule has 1 aromatic rings. The van der Waals surface area contributed by atoms with Gasteiger partial charge in [0, 0.05) is 24.0 Å². The minimum absolute atomic E-state index is 0.0932. The number of aliphatic carboxylic acids is 1. The predicted molar refractivity (Wildman–Crippen MR) is 82.8 cm³/mol. The number of nitrogens with zero attached hydrogens (tertiary/aromatic N) is 2. The van der Waals surface area contributed by atoms with Crippen molar-refractivity contribution >= 4 is 17.3 Å². The van der Waals surface area contributed by atoms with E-state index in [1.54, 1.807) is 11.3 Å². The van der Waals surface area contributed by atoms with Gasteiger partial charge in [-0.05, 0) is 33.6 Å². The molecule has 0 saturated carbocycles. The van der Waals surface area contributed by atoms with Crippen molar-refractivity contribution in [3.63, 3.8) is 0 Å². The number of hydrogen-bond acceptors (Lipinski definition) is 5. The van der Waals surface area contributed by atoms with Crippen molar-refractivity contribution in [2.24, 2.45) is 0 Å². The highest BCUT2D eigenvalue weighted by molar-refractivity contribution is 7.11. The van der Waals surface area contributed by atoms with Crippen LogP contribution in [-0.4, -0.2) is 46.8 Å². The molecule has 0 aliphatic carbocycles. The van der Waals surface area contributed by atoms with E-state index in [0.717, 1.165) is 36.6 Å². The van der Waals surface area contributed by atoms with E-state index in [-0.39, 0.29) is 12.5 Å². The molecule has 2 rings (SSSR count). The first-order chi connectivity index (χ1) is 9.97. The maximum atomic E-state index is 10.5. The molecule has 2 heterocycles. The maximum absolute atomic E-state index is 10.5. The van der Waals surface area contributed by atoms with Crippen LogP contribution in [0.2, 0.25) is 0 Å². The second-order valence-electron chi connectivity index (χ2n) is 5.61. The van der Waals surface area contributed by atoms with Gasteiger partial charge in [-0.1, -0.05) is 0 Å². The summed E-state index contributed by atoms with van der Waals surface area (Å²) in [6.07, 6.45) is 2.24.